The smallest absolute Gasteiger partial charge is 0.386 e. The molecule has 130 valence electrons. The van der Waals surface area contributed by atoms with E-state index in [1.807, 2.05) is 0 Å². The minimum atomic E-state index is -3.69. The summed E-state index contributed by atoms with van der Waals surface area (Å²) in [4.78, 5) is 12.1. The van der Waals surface area contributed by atoms with Crippen molar-refractivity contribution < 1.29 is 28.0 Å². The highest BCUT2D eigenvalue weighted by Gasteiger charge is 2.53. The Kier molecular flexibility index (Phi) is 3.79. The molecule has 0 aliphatic carbocycles. The van der Waals surface area contributed by atoms with Gasteiger partial charge in [-0.15, -0.1) is 0 Å². The number of aliphatic hydroxyl groups excluding tert-OH is 1. The van der Waals surface area contributed by atoms with Crippen molar-refractivity contribution in [2.45, 2.75) is 31.5 Å². The van der Waals surface area contributed by atoms with Gasteiger partial charge in [-0.2, -0.15) is 0 Å². The van der Waals surface area contributed by atoms with Crippen LogP contribution < -0.4 is 5.73 Å². The van der Waals surface area contributed by atoms with Gasteiger partial charge in [0.25, 0.3) is 0 Å². The molecule has 0 amide bonds. The number of hydrogen-bond acceptors (Lipinski definition) is 10. The van der Waals surface area contributed by atoms with Gasteiger partial charge in [0.1, 0.15) is 30.2 Å². The average Bonchev–Trinajstić information content (AvgIpc) is 3.10. The van der Waals surface area contributed by atoms with Crippen LogP contribution in [0.5, 0.6) is 0 Å². The largest absolute Gasteiger partial charge is 0.475 e. The van der Waals surface area contributed by atoms with Crippen LogP contribution in [0.4, 0.5) is 5.82 Å². The van der Waals surface area contributed by atoms with E-state index in [-0.39, 0.29) is 19.0 Å². The van der Waals surface area contributed by atoms with Gasteiger partial charge in [-0.3, -0.25) is 18.1 Å². The summed E-state index contributed by atoms with van der Waals surface area (Å²) < 4.78 is 35.1. The molecule has 0 spiro atoms. The number of phosphoric ester groups is 1. The van der Waals surface area contributed by atoms with Crippen molar-refractivity contribution in [2.24, 2.45) is 0 Å². The molecule has 0 saturated carbocycles. The molecule has 0 aromatic carbocycles. The molecule has 2 fully saturated rings. The van der Waals surface area contributed by atoms with E-state index >= 15 is 0 Å². The molecule has 2 saturated heterocycles. The van der Waals surface area contributed by atoms with Crippen molar-refractivity contribution in [2.75, 3.05) is 18.9 Å². The molecule has 2 aromatic rings. The Bertz CT molecular complexity index is 814. The minimum Gasteiger partial charge on any atom is -0.386 e. The number of anilines is 1. The Labute approximate surface area is 136 Å². The molecule has 0 radical (unpaired) electrons. The van der Waals surface area contributed by atoms with E-state index in [0.29, 0.717) is 11.2 Å². The molecule has 24 heavy (non-hydrogen) atoms. The van der Waals surface area contributed by atoms with Crippen molar-refractivity contribution in [1.29, 1.82) is 0 Å². The lowest BCUT2D eigenvalue weighted by Crippen LogP contribution is -2.39. The quantitative estimate of drug-likeness (QED) is 0.732. The second-order valence-electron chi connectivity index (χ2n) is 5.37. The van der Waals surface area contributed by atoms with Gasteiger partial charge < -0.3 is 15.6 Å². The first-order valence-electron chi connectivity index (χ1n) is 7.36. The molecule has 2 aliphatic rings. The molecular formula is C12H16N5O6P. The van der Waals surface area contributed by atoms with E-state index in [2.05, 4.69) is 15.0 Å². The highest BCUT2D eigenvalue weighted by molar-refractivity contribution is 7.48. The summed E-state index contributed by atoms with van der Waals surface area (Å²) >= 11 is 0. The number of imidazole rings is 1. The van der Waals surface area contributed by atoms with Crippen molar-refractivity contribution in [1.82, 2.24) is 19.5 Å². The minimum absolute atomic E-state index is 0.0146. The van der Waals surface area contributed by atoms with Gasteiger partial charge in [0, 0.05) is 0 Å². The lowest BCUT2D eigenvalue weighted by molar-refractivity contribution is -0.0701. The number of rotatable bonds is 3. The molecule has 4 rings (SSSR count). The molecule has 2 aromatic heterocycles. The summed E-state index contributed by atoms with van der Waals surface area (Å²) in [6, 6.07) is 0. The summed E-state index contributed by atoms with van der Waals surface area (Å²) in [7, 11) is -3.69. The Morgan fingerprint density at radius 3 is 3.12 bits per heavy atom. The first-order valence-corrected chi connectivity index (χ1v) is 8.82. The maximum absolute atomic E-state index is 12.3. The lowest BCUT2D eigenvalue weighted by Gasteiger charge is -2.30. The van der Waals surface area contributed by atoms with Crippen LogP contribution >= 0.6 is 7.82 Å². The summed E-state index contributed by atoms with van der Waals surface area (Å²) in [5.41, 5.74) is 6.58. The third-order valence-corrected chi connectivity index (χ3v) is 5.45. The monoisotopic (exact) mass is 357 g/mol. The third kappa shape index (κ3) is 2.41. The fourth-order valence-corrected chi connectivity index (χ4v) is 4.24. The molecule has 11 nitrogen and oxygen atoms in total. The van der Waals surface area contributed by atoms with E-state index in [9.17, 15) is 9.67 Å². The van der Waals surface area contributed by atoms with Crippen molar-refractivity contribution in [3.63, 3.8) is 0 Å². The Morgan fingerprint density at radius 1 is 1.50 bits per heavy atom. The zero-order valence-electron chi connectivity index (χ0n) is 12.7. The number of nitrogens with two attached hydrogens (primary N) is 1. The fraction of sp³-hybridized carbons (Fsp3) is 0.583. The Balaban J connectivity index is 1.64. The number of hydrogen-bond donors (Lipinski definition) is 2. The normalized spacial score (nSPS) is 36.1. The van der Waals surface area contributed by atoms with Crippen molar-refractivity contribution in [3.05, 3.63) is 12.7 Å². The van der Waals surface area contributed by atoms with Gasteiger partial charge in [0.2, 0.25) is 0 Å². The van der Waals surface area contributed by atoms with Crippen LogP contribution in [-0.2, 0) is 22.9 Å². The summed E-state index contributed by atoms with van der Waals surface area (Å²) in [5, 5.41) is 10.6. The molecular weight excluding hydrogens is 341 g/mol. The number of nitrogens with zero attached hydrogens (tertiary/aromatic N) is 4. The first kappa shape index (κ1) is 15.9. The van der Waals surface area contributed by atoms with Crippen LogP contribution in [0.3, 0.4) is 0 Å². The molecule has 0 bridgehead atoms. The van der Waals surface area contributed by atoms with E-state index in [1.54, 1.807) is 6.92 Å². The standard InChI is InChI=1S/C12H16N5O6P/c1-2-20-24(19)21-3-6-9(23-24)8(18)12(22-6)17-5-16-7-10(13)14-4-15-11(7)17/h4-6,8-9,12,18H,2-3H2,1H3,(H2,13,14,15)/t6-,8-,9+,12+,24+/m0/s1. The molecule has 4 heterocycles. The van der Waals surface area contributed by atoms with Gasteiger partial charge in [0.15, 0.2) is 17.7 Å². The Hall–Kier alpha value is -1.62. The third-order valence-electron chi connectivity index (χ3n) is 3.91. The first-order chi connectivity index (χ1) is 11.5. The number of aromatic nitrogens is 4. The van der Waals surface area contributed by atoms with E-state index < -0.39 is 32.4 Å². The summed E-state index contributed by atoms with van der Waals surface area (Å²) in [6.45, 7) is 1.82. The molecule has 12 heteroatoms. The second kappa shape index (κ2) is 5.73. The van der Waals surface area contributed by atoms with Crippen molar-refractivity contribution in [3.8, 4) is 0 Å². The van der Waals surface area contributed by atoms with Gasteiger partial charge in [0.05, 0.1) is 19.5 Å². The Morgan fingerprint density at radius 2 is 2.33 bits per heavy atom. The van der Waals surface area contributed by atoms with E-state index in [0.717, 1.165) is 0 Å². The number of fused-ring (bicyclic) bond motifs is 2. The van der Waals surface area contributed by atoms with Gasteiger partial charge >= 0.3 is 7.82 Å². The topological polar surface area (TPSA) is 144 Å². The lowest BCUT2D eigenvalue weighted by atomic mass is 10.1. The van der Waals surface area contributed by atoms with Crippen LogP contribution in [0.15, 0.2) is 12.7 Å². The number of nitrogen functional groups attached to an aromatic ring is 1. The zero-order chi connectivity index (χ0) is 16.9. The van der Waals surface area contributed by atoms with Crippen LogP contribution in [0.25, 0.3) is 11.2 Å². The highest BCUT2D eigenvalue weighted by atomic mass is 31.2. The van der Waals surface area contributed by atoms with Crippen LogP contribution in [0.1, 0.15) is 13.2 Å². The molecule has 2 aliphatic heterocycles. The van der Waals surface area contributed by atoms with Gasteiger partial charge in [-0.1, -0.05) is 0 Å². The van der Waals surface area contributed by atoms with Crippen LogP contribution in [0.2, 0.25) is 0 Å². The zero-order valence-corrected chi connectivity index (χ0v) is 13.6. The average molecular weight is 357 g/mol. The summed E-state index contributed by atoms with van der Waals surface area (Å²) in [6.07, 6.45) is -0.642. The maximum atomic E-state index is 12.3. The van der Waals surface area contributed by atoms with Gasteiger partial charge in [-0.25, -0.2) is 19.5 Å². The predicted molar refractivity (Wildman–Crippen MR) is 79.7 cm³/mol. The van der Waals surface area contributed by atoms with Crippen LogP contribution in [-0.4, -0.2) is 56.2 Å². The molecule has 5 atom stereocenters. The van der Waals surface area contributed by atoms with E-state index in [1.165, 1.54) is 17.2 Å². The highest BCUT2D eigenvalue weighted by Crippen LogP contribution is 2.56. The van der Waals surface area contributed by atoms with Crippen LogP contribution in [0, 0.1) is 0 Å². The SMILES string of the molecule is CCO[P@]1(=O)OC[C@@H]2O[C@@H](n3cnc4c(N)ncnc43)[C@@H](O)[C@@H]2O1. The second-order valence-corrected chi connectivity index (χ2v) is 6.99. The fourth-order valence-electron chi connectivity index (χ4n) is 2.84. The molecule has 0 unspecified atom stereocenters. The molecule has 3 N–H and O–H groups in total. The number of ether oxygens (including phenoxy) is 1. The maximum Gasteiger partial charge on any atom is 0.475 e. The number of phosphoric acid groups is 1. The summed E-state index contributed by atoms with van der Waals surface area (Å²) in [5.74, 6) is 0.226. The van der Waals surface area contributed by atoms with Crippen molar-refractivity contribution >= 4 is 24.8 Å². The predicted octanol–water partition coefficient (Wildman–Crippen LogP) is 0.227. The van der Waals surface area contributed by atoms with E-state index in [4.69, 9.17) is 24.0 Å². The van der Waals surface area contributed by atoms with Gasteiger partial charge in [-0.05, 0) is 6.92 Å². The number of aliphatic hydroxyl groups is 1.